The highest BCUT2D eigenvalue weighted by Gasteiger charge is 2.29. The number of amides is 2. The number of likely N-dealkylation sites (tertiary alicyclic amines) is 1. The van der Waals surface area contributed by atoms with Crippen molar-refractivity contribution in [3.8, 4) is 11.3 Å². The largest absolute Gasteiger partial charge is 0.480 e. The van der Waals surface area contributed by atoms with Gasteiger partial charge in [-0.25, -0.2) is 9.48 Å². The van der Waals surface area contributed by atoms with Gasteiger partial charge in [0, 0.05) is 24.8 Å². The lowest BCUT2D eigenvalue weighted by molar-refractivity contribution is -0.140. The van der Waals surface area contributed by atoms with Crippen molar-refractivity contribution in [3.05, 3.63) is 29.7 Å². The number of carbonyl (C=O) groups is 3. The molecule has 11 heteroatoms. The summed E-state index contributed by atoms with van der Waals surface area (Å²) in [4.78, 5) is 40.6. The summed E-state index contributed by atoms with van der Waals surface area (Å²) >= 11 is 0. The van der Waals surface area contributed by atoms with Gasteiger partial charge in [0.1, 0.15) is 24.0 Å². The smallest absolute Gasteiger partial charge is 0.328 e. The zero-order valence-electron chi connectivity index (χ0n) is 16.1. The molecule has 3 N–H and O–H groups in total. The van der Waals surface area contributed by atoms with Crippen LogP contribution < -0.4 is 5.73 Å². The minimum Gasteiger partial charge on any atom is -0.480 e. The Bertz CT molecular complexity index is 943. The van der Waals surface area contributed by atoms with Gasteiger partial charge < -0.3 is 20.5 Å². The number of carboxylic acids is 1. The van der Waals surface area contributed by atoms with E-state index in [1.165, 1.54) is 24.0 Å². The predicted molar refractivity (Wildman–Crippen MR) is 99.8 cm³/mol. The molecule has 0 aliphatic carbocycles. The number of hydrogen-bond donors (Lipinski definition) is 2. The summed E-state index contributed by atoms with van der Waals surface area (Å²) < 4.78 is 6.63. The fourth-order valence-electron chi connectivity index (χ4n) is 3.05. The molecule has 11 nitrogen and oxygen atoms in total. The molecule has 154 valence electrons. The van der Waals surface area contributed by atoms with Crippen LogP contribution in [0.3, 0.4) is 0 Å². The van der Waals surface area contributed by atoms with E-state index in [2.05, 4.69) is 15.3 Å². The lowest BCUT2D eigenvalue weighted by Gasteiger charge is -2.17. The molecule has 2 aromatic rings. The number of pyridine rings is 1. The fourth-order valence-corrected chi connectivity index (χ4v) is 3.05. The average Bonchev–Trinajstić information content (AvgIpc) is 3.35. The van der Waals surface area contributed by atoms with Crippen molar-refractivity contribution in [1.29, 1.82) is 0 Å². The zero-order valence-corrected chi connectivity index (χ0v) is 16.1. The van der Waals surface area contributed by atoms with Crippen molar-refractivity contribution in [2.45, 2.75) is 32.4 Å². The van der Waals surface area contributed by atoms with Crippen molar-refractivity contribution in [2.75, 3.05) is 19.7 Å². The predicted octanol–water partition coefficient (Wildman–Crippen LogP) is 0.0105. The van der Waals surface area contributed by atoms with E-state index in [1.54, 1.807) is 17.9 Å². The number of carboxylic acid groups (broad SMARTS) is 1. The topological polar surface area (TPSA) is 154 Å². The highest BCUT2D eigenvalue weighted by atomic mass is 16.5. The molecule has 3 heterocycles. The molecule has 0 radical (unpaired) electrons. The fraction of sp³-hybridized carbons (Fsp3) is 0.444. The van der Waals surface area contributed by atoms with E-state index in [0.717, 1.165) is 0 Å². The number of aliphatic carboxylic acids is 1. The molecule has 2 atom stereocenters. The highest BCUT2D eigenvalue weighted by Crippen LogP contribution is 2.22. The molecule has 1 fully saturated rings. The van der Waals surface area contributed by atoms with Gasteiger partial charge in [-0.05, 0) is 31.9 Å². The molecule has 1 aliphatic heterocycles. The Balaban J connectivity index is 1.71. The molecule has 2 amide bonds. The molecule has 29 heavy (non-hydrogen) atoms. The zero-order chi connectivity index (χ0) is 21.1. The van der Waals surface area contributed by atoms with Crippen LogP contribution in [-0.2, 0) is 14.3 Å². The van der Waals surface area contributed by atoms with Gasteiger partial charge in [0.15, 0.2) is 0 Å². The average molecular weight is 402 g/mol. The van der Waals surface area contributed by atoms with Crippen LogP contribution in [0.2, 0.25) is 0 Å². The number of nitrogens with two attached hydrogens (primary N) is 1. The first-order valence-corrected chi connectivity index (χ1v) is 9.07. The Hall–Kier alpha value is -3.34. The maximum atomic E-state index is 12.8. The van der Waals surface area contributed by atoms with Crippen LogP contribution in [0.5, 0.6) is 0 Å². The third-order valence-corrected chi connectivity index (χ3v) is 4.73. The van der Waals surface area contributed by atoms with Crippen LogP contribution in [0.4, 0.5) is 0 Å². The SMILES string of the molecule is Cc1cc(-c2cn(C(C)C(=O)O)nn2)cnc1C(=O)N1CCC(OCC(N)=O)C1. The minimum absolute atomic E-state index is 0.167. The van der Waals surface area contributed by atoms with Crippen LogP contribution >= 0.6 is 0 Å². The summed E-state index contributed by atoms with van der Waals surface area (Å²) in [6.07, 6.45) is 3.44. The first-order valence-electron chi connectivity index (χ1n) is 9.07. The van der Waals surface area contributed by atoms with E-state index in [9.17, 15) is 14.4 Å². The Morgan fingerprint density at radius 2 is 2.17 bits per heavy atom. The van der Waals surface area contributed by atoms with Gasteiger partial charge in [-0.2, -0.15) is 0 Å². The Morgan fingerprint density at radius 1 is 1.41 bits per heavy atom. The second-order valence-corrected chi connectivity index (χ2v) is 6.93. The van der Waals surface area contributed by atoms with E-state index in [-0.39, 0.29) is 18.6 Å². The van der Waals surface area contributed by atoms with Gasteiger partial charge in [-0.15, -0.1) is 5.10 Å². The summed E-state index contributed by atoms with van der Waals surface area (Å²) in [6.45, 7) is 3.98. The standard InChI is InChI=1S/C18H22N6O5/c1-10-5-12(14-8-24(22-21-14)11(2)18(27)28)6-20-16(10)17(26)23-4-3-13(7-23)29-9-15(19)25/h5-6,8,11,13H,3-4,7,9H2,1-2H3,(H2,19,25)(H,27,28). The van der Waals surface area contributed by atoms with Crippen molar-refractivity contribution >= 4 is 17.8 Å². The third kappa shape index (κ3) is 4.57. The quantitative estimate of drug-likeness (QED) is 0.656. The lowest BCUT2D eigenvalue weighted by atomic mass is 10.1. The summed E-state index contributed by atoms with van der Waals surface area (Å²) in [6, 6.07) is 0.919. The van der Waals surface area contributed by atoms with Crippen LogP contribution in [0.15, 0.2) is 18.5 Å². The first kappa shape index (κ1) is 20.4. The van der Waals surface area contributed by atoms with Gasteiger partial charge >= 0.3 is 5.97 Å². The molecule has 0 aromatic carbocycles. The third-order valence-electron chi connectivity index (χ3n) is 4.73. The lowest BCUT2D eigenvalue weighted by Crippen LogP contribution is -2.32. The second kappa shape index (κ2) is 8.35. The number of aromatic nitrogens is 4. The van der Waals surface area contributed by atoms with E-state index >= 15 is 0 Å². The van der Waals surface area contributed by atoms with E-state index in [4.69, 9.17) is 15.6 Å². The molecule has 2 aromatic heterocycles. The number of primary amides is 1. The van der Waals surface area contributed by atoms with E-state index < -0.39 is 17.9 Å². The van der Waals surface area contributed by atoms with Crippen LogP contribution in [0, 0.1) is 6.92 Å². The number of aryl methyl sites for hydroxylation is 1. The van der Waals surface area contributed by atoms with Crippen molar-refractivity contribution in [3.63, 3.8) is 0 Å². The van der Waals surface area contributed by atoms with Crippen LogP contribution in [0.25, 0.3) is 11.3 Å². The van der Waals surface area contributed by atoms with Gasteiger partial charge in [0.25, 0.3) is 5.91 Å². The molecule has 0 bridgehead atoms. The Labute approximate surface area is 166 Å². The van der Waals surface area contributed by atoms with Gasteiger partial charge in [-0.3, -0.25) is 14.6 Å². The molecule has 1 saturated heterocycles. The summed E-state index contributed by atoms with van der Waals surface area (Å²) in [7, 11) is 0. The summed E-state index contributed by atoms with van der Waals surface area (Å²) in [5, 5.41) is 16.9. The minimum atomic E-state index is -1.01. The van der Waals surface area contributed by atoms with E-state index in [0.29, 0.717) is 42.0 Å². The molecule has 0 spiro atoms. The van der Waals surface area contributed by atoms with E-state index in [1.807, 2.05) is 0 Å². The number of ether oxygens (including phenoxy) is 1. The molecule has 0 saturated carbocycles. The van der Waals surface area contributed by atoms with Gasteiger partial charge in [-0.1, -0.05) is 5.21 Å². The highest BCUT2D eigenvalue weighted by molar-refractivity contribution is 5.94. The Morgan fingerprint density at radius 3 is 2.83 bits per heavy atom. The summed E-state index contributed by atoms with van der Waals surface area (Å²) in [5.41, 5.74) is 7.15. The number of nitrogens with zero attached hydrogens (tertiary/aromatic N) is 5. The van der Waals surface area contributed by atoms with Gasteiger partial charge in [0.05, 0.1) is 12.3 Å². The number of rotatable bonds is 7. The molecule has 1 aliphatic rings. The van der Waals surface area contributed by atoms with Crippen LogP contribution in [0.1, 0.15) is 35.4 Å². The molecular formula is C18H22N6O5. The second-order valence-electron chi connectivity index (χ2n) is 6.93. The van der Waals surface area contributed by atoms with Gasteiger partial charge in [0.2, 0.25) is 5.91 Å². The molecular weight excluding hydrogens is 380 g/mol. The normalized spacial score (nSPS) is 17.3. The maximum absolute atomic E-state index is 12.8. The molecule has 3 rings (SSSR count). The Kier molecular flexibility index (Phi) is 5.87. The maximum Gasteiger partial charge on any atom is 0.328 e. The van der Waals surface area contributed by atoms with Crippen molar-refractivity contribution in [2.24, 2.45) is 5.73 Å². The monoisotopic (exact) mass is 402 g/mol. The number of hydrogen-bond acceptors (Lipinski definition) is 7. The van der Waals surface area contributed by atoms with Crippen molar-refractivity contribution < 1.29 is 24.2 Å². The van der Waals surface area contributed by atoms with Crippen LogP contribution in [-0.4, -0.2) is 73.6 Å². The van der Waals surface area contributed by atoms with Crippen molar-refractivity contribution in [1.82, 2.24) is 24.9 Å². The summed E-state index contributed by atoms with van der Waals surface area (Å²) in [5.74, 6) is -1.78. The molecule has 2 unspecified atom stereocenters. The first-order chi connectivity index (χ1) is 13.8. The number of carbonyl (C=O) groups excluding carboxylic acids is 2.